The Balaban J connectivity index is 2.21. The molecule has 0 saturated carbocycles. The Morgan fingerprint density at radius 2 is 2.17 bits per heavy atom. The number of aromatic nitrogens is 1. The van der Waals surface area contributed by atoms with Gasteiger partial charge in [0.1, 0.15) is 5.01 Å². The molecule has 0 radical (unpaired) electrons. The van der Waals surface area contributed by atoms with Crippen LogP contribution in [0.15, 0.2) is 24.4 Å². The van der Waals surface area contributed by atoms with E-state index in [4.69, 9.17) is 5.11 Å². The third kappa shape index (κ3) is 2.96. The minimum atomic E-state index is -0.767. The van der Waals surface area contributed by atoms with E-state index in [1.54, 1.807) is 17.5 Å². The monoisotopic (exact) mass is 261 g/mol. The topological polar surface area (TPSA) is 50.2 Å². The van der Waals surface area contributed by atoms with Gasteiger partial charge in [-0.15, -0.1) is 11.3 Å². The van der Waals surface area contributed by atoms with E-state index in [1.807, 2.05) is 0 Å². The largest absolute Gasteiger partial charge is 0.481 e. The van der Waals surface area contributed by atoms with Crippen molar-refractivity contribution in [3.63, 3.8) is 0 Å². The summed E-state index contributed by atoms with van der Waals surface area (Å²) in [5, 5.41) is 9.62. The fourth-order valence-electron chi connectivity index (χ4n) is 1.83. The third-order valence-electron chi connectivity index (χ3n) is 2.75. The van der Waals surface area contributed by atoms with Gasteiger partial charge in [-0.1, -0.05) is 23.8 Å². The van der Waals surface area contributed by atoms with E-state index in [0.29, 0.717) is 6.42 Å². The summed E-state index contributed by atoms with van der Waals surface area (Å²) in [5.41, 5.74) is 3.57. The van der Waals surface area contributed by atoms with E-state index in [1.165, 1.54) is 11.1 Å². The van der Waals surface area contributed by atoms with Crippen LogP contribution in [0, 0.1) is 13.8 Å². The number of hydrogen-bond donors (Lipinski definition) is 1. The van der Waals surface area contributed by atoms with Crippen molar-refractivity contribution in [2.75, 3.05) is 0 Å². The van der Waals surface area contributed by atoms with Gasteiger partial charge >= 0.3 is 5.97 Å². The predicted octanol–water partition coefficient (Wildman–Crippen LogP) is 3.44. The van der Waals surface area contributed by atoms with E-state index < -0.39 is 5.97 Å². The molecule has 1 N–H and O–H groups in total. The molecule has 0 aliphatic heterocycles. The summed E-state index contributed by atoms with van der Waals surface area (Å²) < 4.78 is 0. The average molecular weight is 261 g/mol. The molecule has 1 heterocycles. The van der Waals surface area contributed by atoms with E-state index in [-0.39, 0.29) is 6.42 Å². The molecule has 2 rings (SSSR count). The fraction of sp³-hybridized carbons (Fsp3) is 0.286. The van der Waals surface area contributed by atoms with E-state index in [9.17, 15) is 4.79 Å². The van der Waals surface area contributed by atoms with Gasteiger partial charge in [-0.25, -0.2) is 4.98 Å². The first-order valence-electron chi connectivity index (χ1n) is 5.80. The second-order valence-electron chi connectivity index (χ2n) is 4.34. The molecule has 1 aromatic carbocycles. The highest BCUT2D eigenvalue weighted by Gasteiger charge is 2.08. The Morgan fingerprint density at radius 1 is 1.39 bits per heavy atom. The van der Waals surface area contributed by atoms with Crippen LogP contribution in [0.25, 0.3) is 10.6 Å². The van der Waals surface area contributed by atoms with Crippen molar-refractivity contribution in [1.29, 1.82) is 0 Å². The zero-order valence-corrected chi connectivity index (χ0v) is 11.3. The molecule has 2 aromatic rings. The molecular weight excluding hydrogens is 246 g/mol. The molecule has 3 nitrogen and oxygen atoms in total. The number of hydrogen-bond acceptors (Lipinski definition) is 3. The number of benzene rings is 1. The van der Waals surface area contributed by atoms with Gasteiger partial charge in [-0.05, 0) is 25.8 Å². The van der Waals surface area contributed by atoms with E-state index in [0.717, 1.165) is 15.4 Å². The van der Waals surface area contributed by atoms with E-state index in [2.05, 4.69) is 37.0 Å². The second kappa shape index (κ2) is 5.31. The smallest absolute Gasteiger partial charge is 0.303 e. The van der Waals surface area contributed by atoms with Gasteiger partial charge in [0.15, 0.2) is 0 Å². The fourth-order valence-corrected chi connectivity index (χ4v) is 2.83. The van der Waals surface area contributed by atoms with Crippen LogP contribution in [-0.4, -0.2) is 16.1 Å². The number of aliphatic carboxylic acids is 1. The van der Waals surface area contributed by atoms with Crippen LogP contribution < -0.4 is 0 Å². The molecule has 94 valence electrons. The molecule has 0 aliphatic rings. The maximum atomic E-state index is 10.5. The minimum Gasteiger partial charge on any atom is -0.481 e. The minimum absolute atomic E-state index is 0.161. The van der Waals surface area contributed by atoms with Crippen molar-refractivity contribution < 1.29 is 9.90 Å². The first-order chi connectivity index (χ1) is 8.56. The van der Waals surface area contributed by atoms with Crippen LogP contribution in [0.4, 0.5) is 0 Å². The van der Waals surface area contributed by atoms with Gasteiger partial charge in [-0.2, -0.15) is 0 Å². The molecule has 1 aromatic heterocycles. The van der Waals surface area contributed by atoms with Crippen molar-refractivity contribution in [3.05, 3.63) is 40.4 Å². The molecule has 0 saturated heterocycles. The molecule has 0 amide bonds. The Bertz CT molecular complexity index is 575. The molecular formula is C14H15NO2S. The predicted molar refractivity (Wildman–Crippen MR) is 73.0 cm³/mol. The number of carboxylic acid groups (broad SMARTS) is 1. The third-order valence-corrected chi connectivity index (χ3v) is 3.84. The van der Waals surface area contributed by atoms with Crippen molar-refractivity contribution >= 4 is 17.3 Å². The second-order valence-corrected chi connectivity index (χ2v) is 5.46. The van der Waals surface area contributed by atoms with Crippen molar-refractivity contribution in [3.8, 4) is 10.6 Å². The maximum absolute atomic E-state index is 10.5. The van der Waals surface area contributed by atoms with E-state index >= 15 is 0 Å². The molecule has 0 bridgehead atoms. The lowest BCUT2D eigenvalue weighted by atomic mass is 10.1. The number of rotatable bonds is 4. The van der Waals surface area contributed by atoms with Crippen LogP contribution in [0.2, 0.25) is 0 Å². The lowest BCUT2D eigenvalue weighted by Gasteiger charge is -2.02. The average Bonchev–Trinajstić information content (AvgIpc) is 2.75. The highest BCUT2D eigenvalue weighted by molar-refractivity contribution is 7.15. The standard InChI is InChI=1S/C14H15NO2S/c1-9-3-5-12(10(2)7-9)14-15-8-11(18-14)4-6-13(16)17/h3,5,7-8H,4,6H2,1-2H3,(H,16,17). The molecule has 0 fully saturated rings. The number of thiazole rings is 1. The zero-order valence-electron chi connectivity index (χ0n) is 10.4. The molecule has 0 aliphatic carbocycles. The molecule has 18 heavy (non-hydrogen) atoms. The lowest BCUT2D eigenvalue weighted by molar-refractivity contribution is -0.136. The van der Waals surface area contributed by atoms with Gasteiger partial charge in [-0.3, -0.25) is 4.79 Å². The summed E-state index contributed by atoms with van der Waals surface area (Å²) >= 11 is 1.57. The summed E-state index contributed by atoms with van der Waals surface area (Å²) in [7, 11) is 0. The zero-order chi connectivity index (χ0) is 13.1. The number of carboxylic acids is 1. The van der Waals surface area contributed by atoms with Crippen LogP contribution >= 0.6 is 11.3 Å². The summed E-state index contributed by atoms with van der Waals surface area (Å²) in [6, 6.07) is 6.28. The molecule has 0 unspecified atom stereocenters. The Kier molecular flexibility index (Phi) is 3.77. The van der Waals surface area contributed by atoms with Gasteiger partial charge in [0, 0.05) is 16.6 Å². The highest BCUT2D eigenvalue weighted by Crippen LogP contribution is 2.28. The van der Waals surface area contributed by atoms with Gasteiger partial charge in [0.05, 0.1) is 6.42 Å². The van der Waals surface area contributed by atoms with Gasteiger partial charge in [0.2, 0.25) is 0 Å². The highest BCUT2D eigenvalue weighted by atomic mass is 32.1. The van der Waals surface area contributed by atoms with Crippen LogP contribution in [0.1, 0.15) is 22.4 Å². The van der Waals surface area contributed by atoms with Crippen LogP contribution in [0.3, 0.4) is 0 Å². The van der Waals surface area contributed by atoms with Gasteiger partial charge < -0.3 is 5.11 Å². The number of nitrogens with zero attached hydrogens (tertiary/aromatic N) is 1. The number of aryl methyl sites for hydroxylation is 3. The van der Waals surface area contributed by atoms with Crippen molar-refractivity contribution in [2.24, 2.45) is 0 Å². The Labute approximate surface area is 110 Å². The maximum Gasteiger partial charge on any atom is 0.303 e. The molecule has 0 atom stereocenters. The Hall–Kier alpha value is -1.68. The van der Waals surface area contributed by atoms with Crippen LogP contribution in [0.5, 0.6) is 0 Å². The van der Waals surface area contributed by atoms with Crippen LogP contribution in [-0.2, 0) is 11.2 Å². The van der Waals surface area contributed by atoms with Gasteiger partial charge in [0.25, 0.3) is 0 Å². The molecule has 0 spiro atoms. The quantitative estimate of drug-likeness (QED) is 0.917. The first kappa shape index (κ1) is 12.8. The summed E-state index contributed by atoms with van der Waals surface area (Å²) in [4.78, 5) is 15.9. The summed E-state index contributed by atoms with van der Waals surface area (Å²) in [6.07, 6.45) is 2.49. The molecule has 4 heteroatoms. The summed E-state index contributed by atoms with van der Waals surface area (Å²) in [5.74, 6) is -0.767. The lowest BCUT2D eigenvalue weighted by Crippen LogP contribution is -1.95. The van der Waals surface area contributed by atoms with Crippen molar-refractivity contribution in [1.82, 2.24) is 4.98 Å². The normalized spacial score (nSPS) is 10.6. The number of carbonyl (C=O) groups is 1. The Morgan fingerprint density at radius 3 is 2.83 bits per heavy atom. The van der Waals surface area contributed by atoms with Crippen molar-refractivity contribution in [2.45, 2.75) is 26.7 Å². The SMILES string of the molecule is Cc1ccc(-c2ncc(CCC(=O)O)s2)c(C)c1. The summed E-state index contributed by atoms with van der Waals surface area (Å²) in [6.45, 7) is 4.14. The first-order valence-corrected chi connectivity index (χ1v) is 6.62.